The second-order valence-electron chi connectivity index (χ2n) is 1.58. The van der Waals surface area contributed by atoms with E-state index in [2.05, 4.69) is 9.72 Å². The molecule has 0 atom stereocenters. The van der Waals surface area contributed by atoms with E-state index in [1.807, 2.05) is 24.5 Å². The van der Waals surface area contributed by atoms with E-state index in [1.54, 1.807) is 0 Å². The lowest BCUT2D eigenvalue weighted by molar-refractivity contribution is -0.137. The lowest BCUT2D eigenvalue weighted by Gasteiger charge is -1.80. The van der Waals surface area contributed by atoms with Gasteiger partial charge in [-0.1, -0.05) is 0 Å². The van der Waals surface area contributed by atoms with Crippen molar-refractivity contribution in [3.63, 3.8) is 0 Å². The summed E-state index contributed by atoms with van der Waals surface area (Å²) in [6.07, 6.45) is 3.75. The van der Waals surface area contributed by atoms with Crippen molar-refractivity contribution < 1.29 is 9.53 Å². The molecule has 0 saturated heterocycles. The molecule has 0 aliphatic carbocycles. The highest BCUT2D eigenvalue weighted by molar-refractivity contribution is 5.65. The molecule has 0 spiro atoms. The fourth-order valence-corrected chi connectivity index (χ4v) is 0.278. The van der Waals surface area contributed by atoms with Crippen LogP contribution in [0.5, 0.6) is 0 Å². The molecule has 0 bridgehead atoms. The minimum atomic E-state index is -0.245. The van der Waals surface area contributed by atoms with Crippen molar-refractivity contribution >= 4 is 5.97 Å². The van der Waals surface area contributed by atoms with Gasteiger partial charge in [0.2, 0.25) is 0 Å². The van der Waals surface area contributed by atoms with Crippen LogP contribution < -0.4 is 0 Å². The molecule has 1 N–H and O–H groups in total. The van der Waals surface area contributed by atoms with E-state index in [0.29, 0.717) is 0 Å². The number of aromatic amines is 1. The SMILES string of the molecule is COC(C)=O.c1cc[nH]c1. The van der Waals surface area contributed by atoms with Gasteiger partial charge in [0, 0.05) is 19.3 Å². The number of carbonyl (C=O) groups is 1. The number of hydrogen-bond donors (Lipinski definition) is 1. The summed E-state index contributed by atoms with van der Waals surface area (Å²) in [6.45, 7) is 1.36. The van der Waals surface area contributed by atoms with E-state index in [9.17, 15) is 4.79 Å². The van der Waals surface area contributed by atoms with Crippen LogP contribution in [-0.2, 0) is 9.53 Å². The normalized spacial score (nSPS) is 7.40. The van der Waals surface area contributed by atoms with E-state index in [-0.39, 0.29) is 5.97 Å². The van der Waals surface area contributed by atoms with Gasteiger partial charge < -0.3 is 9.72 Å². The Hall–Kier alpha value is -1.25. The number of ether oxygens (including phenoxy) is 1. The minimum absolute atomic E-state index is 0.245. The summed E-state index contributed by atoms with van der Waals surface area (Å²) in [5.74, 6) is -0.245. The molecule has 0 aliphatic rings. The second kappa shape index (κ2) is 5.88. The first-order valence-electron chi connectivity index (χ1n) is 2.89. The van der Waals surface area contributed by atoms with Gasteiger partial charge in [0.1, 0.15) is 0 Å². The first-order valence-corrected chi connectivity index (χ1v) is 2.89. The highest BCUT2D eigenvalue weighted by Gasteiger charge is 1.75. The number of nitrogens with one attached hydrogen (secondary N) is 1. The van der Waals surface area contributed by atoms with Gasteiger partial charge in [-0.15, -0.1) is 0 Å². The van der Waals surface area contributed by atoms with Gasteiger partial charge in [-0.05, 0) is 12.1 Å². The maximum Gasteiger partial charge on any atom is 0.302 e. The number of hydrogen-bond acceptors (Lipinski definition) is 2. The number of H-pyrrole nitrogens is 1. The third-order valence-electron chi connectivity index (χ3n) is 0.783. The molecule has 3 heteroatoms. The third-order valence-corrected chi connectivity index (χ3v) is 0.783. The maximum atomic E-state index is 9.59. The van der Waals surface area contributed by atoms with Crippen LogP contribution in [0.25, 0.3) is 0 Å². The predicted octanol–water partition coefficient (Wildman–Crippen LogP) is 1.19. The van der Waals surface area contributed by atoms with Gasteiger partial charge in [0.25, 0.3) is 0 Å². The second-order valence-corrected chi connectivity index (χ2v) is 1.58. The molecule has 56 valence electrons. The van der Waals surface area contributed by atoms with Gasteiger partial charge in [-0.25, -0.2) is 0 Å². The third kappa shape index (κ3) is 6.75. The molecule has 0 amide bonds. The topological polar surface area (TPSA) is 42.1 Å². The lowest BCUT2D eigenvalue weighted by Crippen LogP contribution is -1.88. The number of aromatic nitrogens is 1. The van der Waals surface area contributed by atoms with Crippen molar-refractivity contribution in [2.24, 2.45) is 0 Å². The summed E-state index contributed by atoms with van der Waals surface area (Å²) in [5.41, 5.74) is 0. The fourth-order valence-electron chi connectivity index (χ4n) is 0.278. The zero-order valence-electron chi connectivity index (χ0n) is 6.13. The highest BCUT2D eigenvalue weighted by atomic mass is 16.5. The Bertz CT molecular complexity index is 141. The summed E-state index contributed by atoms with van der Waals surface area (Å²) in [4.78, 5) is 12.5. The van der Waals surface area contributed by atoms with Crippen molar-refractivity contribution in [2.45, 2.75) is 6.92 Å². The molecule has 0 unspecified atom stereocenters. The molecule has 1 heterocycles. The Labute approximate surface area is 60.0 Å². The monoisotopic (exact) mass is 141 g/mol. The van der Waals surface area contributed by atoms with E-state index in [4.69, 9.17) is 0 Å². The van der Waals surface area contributed by atoms with Crippen LogP contribution in [0.3, 0.4) is 0 Å². The van der Waals surface area contributed by atoms with E-state index < -0.39 is 0 Å². The molecule has 0 aliphatic heterocycles. The van der Waals surface area contributed by atoms with Crippen molar-refractivity contribution in [2.75, 3.05) is 7.11 Å². The van der Waals surface area contributed by atoms with Gasteiger partial charge >= 0.3 is 5.97 Å². The zero-order chi connectivity index (χ0) is 7.82. The molecular weight excluding hydrogens is 130 g/mol. The Morgan fingerprint density at radius 1 is 1.40 bits per heavy atom. The van der Waals surface area contributed by atoms with Crippen LogP contribution in [0, 0.1) is 0 Å². The van der Waals surface area contributed by atoms with Crippen molar-refractivity contribution in [3.8, 4) is 0 Å². The number of methoxy groups -OCH3 is 1. The first-order chi connectivity index (χ1) is 4.77. The van der Waals surface area contributed by atoms with E-state index in [1.165, 1.54) is 14.0 Å². The van der Waals surface area contributed by atoms with Crippen molar-refractivity contribution in [1.29, 1.82) is 0 Å². The number of esters is 1. The van der Waals surface area contributed by atoms with Gasteiger partial charge in [-0.2, -0.15) is 0 Å². The largest absolute Gasteiger partial charge is 0.469 e. The Kier molecular flexibility index (Phi) is 5.14. The maximum absolute atomic E-state index is 9.59. The smallest absolute Gasteiger partial charge is 0.302 e. The van der Waals surface area contributed by atoms with E-state index in [0.717, 1.165) is 0 Å². The van der Waals surface area contributed by atoms with Crippen molar-refractivity contribution in [1.82, 2.24) is 4.98 Å². The summed E-state index contributed by atoms with van der Waals surface area (Å²) < 4.78 is 4.11. The van der Waals surface area contributed by atoms with Crippen LogP contribution in [0.2, 0.25) is 0 Å². The first kappa shape index (κ1) is 8.75. The molecule has 10 heavy (non-hydrogen) atoms. The molecule has 0 saturated carbocycles. The quantitative estimate of drug-likeness (QED) is 0.551. The standard InChI is InChI=1S/C4H5N.C3H6O2/c1-2-4-5-3-1;1-3(4)5-2/h1-5H;1-2H3. The average molecular weight is 141 g/mol. The van der Waals surface area contributed by atoms with Gasteiger partial charge in [-0.3, -0.25) is 4.79 Å². The van der Waals surface area contributed by atoms with Crippen LogP contribution >= 0.6 is 0 Å². The number of carbonyl (C=O) groups excluding carboxylic acids is 1. The summed E-state index contributed by atoms with van der Waals surface area (Å²) >= 11 is 0. The average Bonchev–Trinajstić information content (AvgIpc) is 2.43. The summed E-state index contributed by atoms with van der Waals surface area (Å²) in [6, 6.07) is 3.89. The molecule has 3 nitrogen and oxygen atoms in total. The number of rotatable bonds is 0. The lowest BCUT2D eigenvalue weighted by atomic mass is 10.7. The van der Waals surface area contributed by atoms with Crippen LogP contribution in [0.4, 0.5) is 0 Å². The molecule has 0 aromatic carbocycles. The minimum Gasteiger partial charge on any atom is -0.469 e. The molecule has 0 radical (unpaired) electrons. The zero-order valence-corrected chi connectivity index (χ0v) is 6.13. The molecule has 1 rings (SSSR count). The Morgan fingerprint density at radius 2 is 1.80 bits per heavy atom. The van der Waals surface area contributed by atoms with Crippen LogP contribution in [0.1, 0.15) is 6.92 Å². The Balaban J connectivity index is 0.000000162. The van der Waals surface area contributed by atoms with Gasteiger partial charge in [0.15, 0.2) is 0 Å². The molecule has 1 aromatic heterocycles. The predicted molar refractivity (Wildman–Crippen MR) is 38.5 cm³/mol. The highest BCUT2D eigenvalue weighted by Crippen LogP contribution is 1.72. The molecule has 0 fully saturated rings. The summed E-state index contributed by atoms with van der Waals surface area (Å²) in [5, 5.41) is 0. The van der Waals surface area contributed by atoms with Gasteiger partial charge in [0.05, 0.1) is 7.11 Å². The molecule has 1 aromatic rings. The fraction of sp³-hybridized carbons (Fsp3) is 0.286. The summed E-state index contributed by atoms with van der Waals surface area (Å²) in [7, 11) is 1.35. The van der Waals surface area contributed by atoms with Crippen molar-refractivity contribution in [3.05, 3.63) is 24.5 Å². The van der Waals surface area contributed by atoms with Crippen LogP contribution in [0.15, 0.2) is 24.5 Å². The van der Waals surface area contributed by atoms with E-state index >= 15 is 0 Å². The van der Waals surface area contributed by atoms with Crippen LogP contribution in [-0.4, -0.2) is 18.1 Å². The Morgan fingerprint density at radius 3 is 1.90 bits per heavy atom. The molecular formula is C7H11NO2.